The molecule has 0 radical (unpaired) electrons. The Labute approximate surface area is 95.8 Å². The van der Waals surface area contributed by atoms with Gasteiger partial charge in [-0.3, -0.25) is 4.98 Å². The summed E-state index contributed by atoms with van der Waals surface area (Å²) < 4.78 is 18.7. The van der Waals surface area contributed by atoms with Crippen LogP contribution >= 0.6 is 0 Å². The molecule has 0 aromatic carbocycles. The maximum atomic E-state index is 12.9. The first-order valence-corrected chi connectivity index (χ1v) is 5.59. The molecule has 0 atom stereocenters. The number of rotatable bonds is 6. The summed E-state index contributed by atoms with van der Waals surface area (Å²) in [6.07, 6.45) is 4.49. The second-order valence-electron chi connectivity index (χ2n) is 3.89. The van der Waals surface area contributed by atoms with E-state index in [0.29, 0.717) is 13.2 Å². The van der Waals surface area contributed by atoms with E-state index in [9.17, 15) is 4.39 Å². The smallest absolute Gasteiger partial charge is 0.141 e. The maximum absolute atomic E-state index is 12.9. The minimum absolute atomic E-state index is 0.299. The molecule has 0 bridgehead atoms. The number of halogens is 1. The second-order valence-corrected chi connectivity index (χ2v) is 3.89. The van der Waals surface area contributed by atoms with Crippen molar-refractivity contribution in [2.75, 3.05) is 6.54 Å². The fourth-order valence-electron chi connectivity index (χ4n) is 1.57. The Hall–Kier alpha value is -1.00. The zero-order valence-corrected chi connectivity index (χ0v) is 9.87. The molecule has 0 saturated heterocycles. The van der Waals surface area contributed by atoms with E-state index in [1.165, 1.54) is 12.3 Å². The Morgan fingerprint density at radius 3 is 2.56 bits per heavy atom. The lowest BCUT2D eigenvalue weighted by atomic mass is 9.97. The molecule has 0 amide bonds. The molecule has 0 aliphatic heterocycles. The van der Waals surface area contributed by atoms with Gasteiger partial charge in [0.2, 0.25) is 0 Å². The maximum Gasteiger partial charge on any atom is 0.141 e. The fraction of sp³-hybridized carbons (Fsp3) is 0.583. The molecule has 4 heteroatoms. The van der Waals surface area contributed by atoms with Gasteiger partial charge in [-0.2, -0.15) is 0 Å². The number of nitrogens with zero attached hydrogens (tertiary/aromatic N) is 1. The van der Waals surface area contributed by atoms with E-state index in [1.807, 2.05) is 13.8 Å². The Bertz CT molecular complexity index is 318. The van der Waals surface area contributed by atoms with Gasteiger partial charge in [0.15, 0.2) is 0 Å². The number of nitrogens with two attached hydrogens (primary N) is 1. The van der Waals surface area contributed by atoms with Crippen molar-refractivity contribution in [3.05, 3.63) is 29.8 Å². The number of pyridine rings is 1. The Morgan fingerprint density at radius 1 is 1.38 bits per heavy atom. The molecule has 0 saturated carbocycles. The van der Waals surface area contributed by atoms with Crippen LogP contribution in [0, 0.1) is 5.82 Å². The van der Waals surface area contributed by atoms with Gasteiger partial charge in [0.25, 0.3) is 0 Å². The summed E-state index contributed by atoms with van der Waals surface area (Å²) in [4.78, 5) is 3.78. The molecule has 90 valence electrons. The Morgan fingerprint density at radius 2 is 2.06 bits per heavy atom. The second kappa shape index (κ2) is 5.92. The Balaban J connectivity index is 2.62. The van der Waals surface area contributed by atoms with E-state index < -0.39 is 0 Å². The molecule has 1 aromatic rings. The normalized spacial score (nSPS) is 11.8. The van der Waals surface area contributed by atoms with Crippen molar-refractivity contribution < 1.29 is 9.13 Å². The lowest BCUT2D eigenvalue weighted by Crippen LogP contribution is -2.39. The van der Waals surface area contributed by atoms with Crippen LogP contribution in [-0.2, 0) is 11.3 Å². The summed E-state index contributed by atoms with van der Waals surface area (Å²) in [5.41, 5.74) is 6.14. The highest BCUT2D eigenvalue weighted by molar-refractivity contribution is 5.09. The topological polar surface area (TPSA) is 48.1 Å². The average molecular weight is 226 g/mol. The van der Waals surface area contributed by atoms with Gasteiger partial charge >= 0.3 is 0 Å². The molecule has 3 nitrogen and oxygen atoms in total. The van der Waals surface area contributed by atoms with Crippen LogP contribution in [0.2, 0.25) is 0 Å². The lowest BCUT2D eigenvalue weighted by molar-refractivity contribution is -0.0555. The monoisotopic (exact) mass is 226 g/mol. The quantitative estimate of drug-likeness (QED) is 0.809. The highest BCUT2D eigenvalue weighted by Crippen LogP contribution is 2.20. The van der Waals surface area contributed by atoms with Crippen LogP contribution in [0.5, 0.6) is 0 Å². The molecule has 0 aliphatic rings. The largest absolute Gasteiger partial charge is 0.369 e. The van der Waals surface area contributed by atoms with Crippen molar-refractivity contribution in [3.8, 4) is 0 Å². The van der Waals surface area contributed by atoms with E-state index >= 15 is 0 Å². The van der Waals surface area contributed by atoms with Gasteiger partial charge in [-0.25, -0.2) is 4.39 Å². The molecule has 16 heavy (non-hydrogen) atoms. The van der Waals surface area contributed by atoms with Crippen LogP contribution in [0.4, 0.5) is 4.39 Å². The van der Waals surface area contributed by atoms with Crippen molar-refractivity contribution in [2.45, 2.75) is 38.9 Å². The van der Waals surface area contributed by atoms with Gasteiger partial charge in [-0.1, -0.05) is 13.8 Å². The Kier molecular flexibility index (Phi) is 4.83. The zero-order valence-electron chi connectivity index (χ0n) is 9.87. The van der Waals surface area contributed by atoms with E-state index in [4.69, 9.17) is 10.5 Å². The van der Waals surface area contributed by atoms with Crippen molar-refractivity contribution in [3.63, 3.8) is 0 Å². The summed E-state index contributed by atoms with van der Waals surface area (Å²) >= 11 is 0. The lowest BCUT2D eigenvalue weighted by Gasteiger charge is -2.30. The minimum Gasteiger partial charge on any atom is -0.369 e. The first-order valence-electron chi connectivity index (χ1n) is 5.59. The van der Waals surface area contributed by atoms with Crippen LogP contribution in [0.3, 0.4) is 0 Å². The molecular weight excluding hydrogens is 207 g/mol. The van der Waals surface area contributed by atoms with E-state index in [2.05, 4.69) is 4.98 Å². The third kappa shape index (κ3) is 3.25. The standard InChI is InChI=1S/C12H19FN2O/c1-3-12(4-2,9-14)16-8-10-5-11(13)7-15-6-10/h5-7H,3-4,8-9,14H2,1-2H3. The molecule has 0 fully saturated rings. The van der Waals surface area contributed by atoms with Crippen LogP contribution < -0.4 is 5.73 Å². The predicted molar refractivity (Wildman–Crippen MR) is 61.4 cm³/mol. The van der Waals surface area contributed by atoms with Gasteiger partial charge in [-0.15, -0.1) is 0 Å². The van der Waals surface area contributed by atoms with Crippen molar-refractivity contribution >= 4 is 0 Å². The average Bonchev–Trinajstić information content (AvgIpc) is 2.32. The zero-order chi connectivity index (χ0) is 12.0. The number of ether oxygens (including phenoxy) is 1. The van der Waals surface area contributed by atoms with E-state index in [1.54, 1.807) is 6.20 Å². The van der Waals surface area contributed by atoms with Crippen LogP contribution in [-0.4, -0.2) is 17.1 Å². The fourth-order valence-corrected chi connectivity index (χ4v) is 1.57. The summed E-state index contributed by atoms with van der Waals surface area (Å²) in [6, 6.07) is 1.43. The van der Waals surface area contributed by atoms with Crippen LogP contribution in [0.25, 0.3) is 0 Å². The predicted octanol–water partition coefficient (Wildman–Crippen LogP) is 2.25. The van der Waals surface area contributed by atoms with Crippen molar-refractivity contribution in [2.24, 2.45) is 5.73 Å². The third-order valence-corrected chi connectivity index (χ3v) is 2.97. The molecule has 0 aliphatic carbocycles. The molecule has 1 rings (SSSR count). The summed E-state index contributed by atoms with van der Waals surface area (Å²) in [6.45, 7) is 4.91. The molecule has 0 unspecified atom stereocenters. The number of hydrogen-bond acceptors (Lipinski definition) is 3. The first-order chi connectivity index (χ1) is 7.65. The highest BCUT2D eigenvalue weighted by atomic mass is 19.1. The number of hydrogen-bond donors (Lipinski definition) is 1. The molecule has 2 N–H and O–H groups in total. The van der Waals surface area contributed by atoms with Crippen molar-refractivity contribution in [1.82, 2.24) is 4.98 Å². The van der Waals surface area contributed by atoms with Crippen LogP contribution in [0.1, 0.15) is 32.3 Å². The van der Waals surface area contributed by atoms with Gasteiger partial charge in [-0.05, 0) is 24.5 Å². The molecule has 1 heterocycles. The summed E-state index contributed by atoms with van der Waals surface area (Å²) in [5.74, 6) is -0.340. The van der Waals surface area contributed by atoms with Gasteiger partial charge in [0, 0.05) is 12.7 Å². The van der Waals surface area contributed by atoms with Crippen LogP contribution in [0.15, 0.2) is 18.5 Å². The number of aromatic nitrogens is 1. The SMILES string of the molecule is CCC(CC)(CN)OCc1cncc(F)c1. The first kappa shape index (κ1) is 13.1. The summed E-state index contributed by atoms with van der Waals surface area (Å²) in [7, 11) is 0. The van der Waals surface area contributed by atoms with Crippen molar-refractivity contribution in [1.29, 1.82) is 0 Å². The molecule has 0 spiro atoms. The van der Waals surface area contributed by atoms with Gasteiger partial charge < -0.3 is 10.5 Å². The van der Waals surface area contributed by atoms with Gasteiger partial charge in [0.1, 0.15) is 5.82 Å². The summed E-state index contributed by atoms with van der Waals surface area (Å²) in [5, 5.41) is 0. The molecular formula is C12H19FN2O. The van der Waals surface area contributed by atoms with Gasteiger partial charge in [0.05, 0.1) is 18.4 Å². The molecule has 1 aromatic heterocycles. The van der Waals surface area contributed by atoms with E-state index in [-0.39, 0.29) is 11.4 Å². The minimum atomic E-state index is -0.340. The highest BCUT2D eigenvalue weighted by Gasteiger charge is 2.24. The third-order valence-electron chi connectivity index (χ3n) is 2.97. The van der Waals surface area contributed by atoms with E-state index in [0.717, 1.165) is 18.4 Å².